The molecule has 1 aromatic rings. The van der Waals surface area contributed by atoms with Crippen molar-refractivity contribution in [2.45, 2.75) is 50.6 Å². The number of hydrogen-bond acceptors (Lipinski definition) is 3. The van der Waals surface area contributed by atoms with E-state index >= 15 is 0 Å². The SMILES string of the molecule is CCC(NC(=O)CC1(N)CCC1)c1ccccc1OC. The minimum atomic E-state index is -0.275. The van der Waals surface area contributed by atoms with Gasteiger partial charge in [0.25, 0.3) is 0 Å². The fraction of sp³-hybridized carbons (Fsp3) is 0.562. The van der Waals surface area contributed by atoms with Crippen LogP contribution in [0.5, 0.6) is 5.75 Å². The van der Waals surface area contributed by atoms with Crippen LogP contribution in [0.4, 0.5) is 0 Å². The molecule has 1 aliphatic rings. The van der Waals surface area contributed by atoms with E-state index in [0.717, 1.165) is 37.0 Å². The van der Waals surface area contributed by atoms with Gasteiger partial charge in [-0.25, -0.2) is 0 Å². The van der Waals surface area contributed by atoms with Crippen molar-refractivity contribution in [2.24, 2.45) is 5.73 Å². The van der Waals surface area contributed by atoms with Gasteiger partial charge in [-0.3, -0.25) is 4.79 Å². The van der Waals surface area contributed by atoms with Crippen molar-refractivity contribution >= 4 is 5.91 Å². The normalized spacial score (nSPS) is 17.9. The lowest BCUT2D eigenvalue weighted by Gasteiger charge is -2.37. The van der Waals surface area contributed by atoms with Gasteiger partial charge in [-0.15, -0.1) is 0 Å². The minimum Gasteiger partial charge on any atom is -0.496 e. The molecule has 1 aromatic carbocycles. The molecule has 110 valence electrons. The molecule has 1 fully saturated rings. The Morgan fingerprint density at radius 1 is 1.45 bits per heavy atom. The van der Waals surface area contributed by atoms with Crippen molar-refractivity contribution in [2.75, 3.05) is 7.11 Å². The molecule has 0 spiro atoms. The molecule has 1 aliphatic carbocycles. The summed E-state index contributed by atoms with van der Waals surface area (Å²) in [7, 11) is 1.65. The van der Waals surface area contributed by atoms with Crippen molar-refractivity contribution < 1.29 is 9.53 Å². The number of nitrogens with one attached hydrogen (secondary N) is 1. The molecule has 0 bridgehead atoms. The summed E-state index contributed by atoms with van der Waals surface area (Å²) in [6.45, 7) is 2.05. The molecule has 0 aliphatic heterocycles. The fourth-order valence-electron chi connectivity index (χ4n) is 2.73. The zero-order valence-electron chi connectivity index (χ0n) is 12.3. The molecule has 0 heterocycles. The zero-order chi connectivity index (χ0) is 14.6. The van der Waals surface area contributed by atoms with Crippen molar-refractivity contribution in [1.82, 2.24) is 5.32 Å². The van der Waals surface area contributed by atoms with Crippen LogP contribution in [0.25, 0.3) is 0 Å². The first-order chi connectivity index (χ1) is 9.58. The van der Waals surface area contributed by atoms with Crippen LogP contribution in [-0.4, -0.2) is 18.6 Å². The molecule has 1 atom stereocenters. The van der Waals surface area contributed by atoms with Crippen LogP contribution in [0, 0.1) is 0 Å². The van der Waals surface area contributed by atoms with E-state index in [1.165, 1.54) is 0 Å². The second-order valence-corrected chi connectivity index (χ2v) is 5.66. The van der Waals surface area contributed by atoms with Crippen molar-refractivity contribution in [1.29, 1.82) is 0 Å². The molecule has 20 heavy (non-hydrogen) atoms. The maximum atomic E-state index is 12.2. The molecule has 4 nitrogen and oxygen atoms in total. The topological polar surface area (TPSA) is 64.4 Å². The third kappa shape index (κ3) is 3.31. The predicted molar refractivity (Wildman–Crippen MR) is 79.6 cm³/mol. The number of rotatable bonds is 6. The van der Waals surface area contributed by atoms with Gasteiger partial charge in [0, 0.05) is 17.5 Å². The van der Waals surface area contributed by atoms with Gasteiger partial charge >= 0.3 is 0 Å². The predicted octanol–water partition coefficient (Wildman–Crippen LogP) is 2.53. The third-order valence-electron chi connectivity index (χ3n) is 4.12. The maximum Gasteiger partial charge on any atom is 0.222 e. The summed E-state index contributed by atoms with van der Waals surface area (Å²) in [6, 6.07) is 7.78. The standard InChI is InChI=1S/C16H24N2O2/c1-3-13(12-7-4-5-8-14(12)20-2)18-15(19)11-16(17)9-6-10-16/h4-5,7-8,13H,3,6,9-11,17H2,1-2H3,(H,18,19). The van der Waals surface area contributed by atoms with E-state index in [1.54, 1.807) is 7.11 Å². The molecule has 1 saturated carbocycles. The van der Waals surface area contributed by atoms with Gasteiger partial charge in [0.1, 0.15) is 5.75 Å². The lowest BCUT2D eigenvalue weighted by atomic mass is 9.75. The van der Waals surface area contributed by atoms with Gasteiger partial charge in [-0.2, -0.15) is 0 Å². The van der Waals surface area contributed by atoms with Crippen molar-refractivity contribution in [3.05, 3.63) is 29.8 Å². The summed E-state index contributed by atoms with van der Waals surface area (Å²) in [5.74, 6) is 0.843. The maximum absolute atomic E-state index is 12.2. The minimum absolute atomic E-state index is 0.0256. The summed E-state index contributed by atoms with van der Waals surface area (Å²) in [5, 5.41) is 3.08. The molecule has 4 heteroatoms. The third-order valence-corrected chi connectivity index (χ3v) is 4.12. The van der Waals surface area contributed by atoms with E-state index in [1.807, 2.05) is 24.3 Å². The number of amides is 1. The average molecular weight is 276 g/mol. The summed E-state index contributed by atoms with van der Waals surface area (Å²) in [6.07, 6.45) is 4.27. The van der Waals surface area contributed by atoms with E-state index in [-0.39, 0.29) is 17.5 Å². The highest BCUT2D eigenvalue weighted by molar-refractivity contribution is 5.78. The highest BCUT2D eigenvalue weighted by atomic mass is 16.5. The number of ether oxygens (including phenoxy) is 1. The Labute approximate surface area is 120 Å². The van der Waals surface area contributed by atoms with Gasteiger partial charge in [0.15, 0.2) is 0 Å². The highest BCUT2D eigenvalue weighted by Gasteiger charge is 2.35. The Morgan fingerprint density at radius 2 is 2.15 bits per heavy atom. The molecule has 0 saturated heterocycles. The van der Waals surface area contributed by atoms with Crippen LogP contribution in [0.1, 0.15) is 50.6 Å². The second kappa shape index (κ2) is 6.27. The summed E-state index contributed by atoms with van der Waals surface area (Å²) < 4.78 is 5.37. The number of carbonyl (C=O) groups excluding carboxylic acids is 1. The molecule has 3 N–H and O–H groups in total. The molecule has 0 radical (unpaired) electrons. The summed E-state index contributed by atoms with van der Waals surface area (Å²) in [4.78, 5) is 12.2. The van der Waals surface area contributed by atoms with E-state index in [9.17, 15) is 4.79 Å². The molecule has 1 unspecified atom stereocenters. The monoisotopic (exact) mass is 276 g/mol. The Morgan fingerprint density at radius 3 is 2.70 bits per heavy atom. The molecular weight excluding hydrogens is 252 g/mol. The van der Waals surface area contributed by atoms with Crippen molar-refractivity contribution in [3.63, 3.8) is 0 Å². The first kappa shape index (κ1) is 14.9. The summed E-state index contributed by atoms with van der Waals surface area (Å²) in [5.41, 5.74) is 6.87. The zero-order valence-corrected chi connectivity index (χ0v) is 12.3. The highest BCUT2D eigenvalue weighted by Crippen LogP contribution is 2.33. The number of para-hydroxylation sites is 1. The van der Waals surface area contributed by atoms with E-state index in [4.69, 9.17) is 10.5 Å². The van der Waals surface area contributed by atoms with Gasteiger partial charge in [-0.1, -0.05) is 25.1 Å². The van der Waals surface area contributed by atoms with Crippen LogP contribution >= 0.6 is 0 Å². The number of methoxy groups -OCH3 is 1. The van der Waals surface area contributed by atoms with Crippen molar-refractivity contribution in [3.8, 4) is 5.75 Å². The van der Waals surface area contributed by atoms with Gasteiger partial charge in [0.2, 0.25) is 5.91 Å². The largest absolute Gasteiger partial charge is 0.496 e. The molecular formula is C16H24N2O2. The number of benzene rings is 1. The van der Waals surface area contributed by atoms with Crippen LogP contribution in [0.3, 0.4) is 0 Å². The van der Waals surface area contributed by atoms with E-state index in [0.29, 0.717) is 6.42 Å². The molecule has 2 rings (SSSR count). The lowest BCUT2D eigenvalue weighted by Crippen LogP contribution is -2.50. The van der Waals surface area contributed by atoms with E-state index in [2.05, 4.69) is 12.2 Å². The molecule has 1 amide bonds. The Balaban J connectivity index is 2.03. The lowest BCUT2D eigenvalue weighted by molar-refractivity contribution is -0.123. The Bertz CT molecular complexity index is 469. The van der Waals surface area contributed by atoms with Crippen LogP contribution in [0.15, 0.2) is 24.3 Å². The van der Waals surface area contributed by atoms with Gasteiger partial charge in [-0.05, 0) is 31.7 Å². The van der Waals surface area contributed by atoms with Crippen LogP contribution in [0.2, 0.25) is 0 Å². The average Bonchev–Trinajstić information content (AvgIpc) is 2.43. The van der Waals surface area contributed by atoms with Gasteiger partial charge in [0.05, 0.1) is 13.2 Å². The smallest absolute Gasteiger partial charge is 0.222 e. The Hall–Kier alpha value is -1.55. The van der Waals surface area contributed by atoms with E-state index < -0.39 is 0 Å². The number of nitrogens with two attached hydrogens (primary N) is 1. The number of carbonyl (C=O) groups is 1. The quantitative estimate of drug-likeness (QED) is 0.839. The number of hydrogen-bond donors (Lipinski definition) is 2. The van der Waals surface area contributed by atoms with Gasteiger partial charge < -0.3 is 15.8 Å². The second-order valence-electron chi connectivity index (χ2n) is 5.66. The Kier molecular flexibility index (Phi) is 4.65. The van der Waals surface area contributed by atoms with Crippen LogP contribution in [-0.2, 0) is 4.79 Å². The first-order valence-electron chi connectivity index (χ1n) is 7.29. The fourth-order valence-corrected chi connectivity index (χ4v) is 2.73. The first-order valence-corrected chi connectivity index (χ1v) is 7.29. The summed E-state index contributed by atoms with van der Waals surface area (Å²) >= 11 is 0. The van der Waals surface area contributed by atoms with Crippen LogP contribution < -0.4 is 15.8 Å². The molecule has 0 aromatic heterocycles.